The number of rotatable bonds is 18. The highest BCUT2D eigenvalue weighted by Crippen LogP contribution is 2.37. The summed E-state index contributed by atoms with van der Waals surface area (Å²) in [5, 5.41) is 14.8. The van der Waals surface area contributed by atoms with Crippen molar-refractivity contribution in [2.24, 2.45) is 5.11 Å². The zero-order chi connectivity index (χ0) is 36.0. The van der Waals surface area contributed by atoms with Crippen LogP contribution in [0.15, 0.2) is 126 Å². The van der Waals surface area contributed by atoms with Gasteiger partial charge in [-0.2, -0.15) is 0 Å². The fourth-order valence-corrected chi connectivity index (χ4v) is 6.39. The monoisotopic (exact) mass is 711 g/mol. The molecule has 2 aliphatic rings. The average Bonchev–Trinajstić information content (AvgIpc) is 3.21. The van der Waals surface area contributed by atoms with Crippen molar-refractivity contribution in [1.29, 1.82) is 0 Å². The number of fused-ring (bicyclic) bond motifs is 1. The van der Waals surface area contributed by atoms with Crippen LogP contribution < -0.4 is 0 Å². The molecule has 6 rings (SSSR count). The van der Waals surface area contributed by atoms with E-state index in [9.17, 15) is 10.6 Å². The lowest BCUT2D eigenvalue weighted by molar-refractivity contribution is -0.347. The number of aliphatic hydroxyl groups is 1. The Hall–Kier alpha value is -4.17. The van der Waals surface area contributed by atoms with E-state index < -0.39 is 55.2 Å². The lowest BCUT2D eigenvalue weighted by atomic mass is 9.96. The molecule has 2 heterocycles. The Kier molecular flexibility index (Phi) is 14.2. The largest absolute Gasteiger partial charge is 0.394 e. The molecule has 4 aromatic rings. The van der Waals surface area contributed by atoms with Gasteiger partial charge in [-0.25, -0.2) is 0 Å². The van der Waals surface area contributed by atoms with Crippen molar-refractivity contribution >= 4 is 0 Å². The third-order valence-corrected chi connectivity index (χ3v) is 9.07. The molecule has 0 spiro atoms. The van der Waals surface area contributed by atoms with Gasteiger partial charge < -0.3 is 43.0 Å². The van der Waals surface area contributed by atoms with Crippen LogP contribution in [0.1, 0.15) is 28.5 Å². The number of benzene rings is 4. The van der Waals surface area contributed by atoms with Crippen LogP contribution in [0.2, 0.25) is 0 Å². The van der Waals surface area contributed by atoms with Crippen LogP contribution >= 0.6 is 0 Å². The molecule has 1 unspecified atom stereocenters. The van der Waals surface area contributed by atoms with E-state index in [0.717, 1.165) is 22.3 Å². The summed E-state index contributed by atoms with van der Waals surface area (Å²) in [6.45, 7) is 0.500. The Bertz CT molecular complexity index is 1650. The topological polar surface area (TPSA) is 143 Å². The first-order chi connectivity index (χ1) is 25.7. The standard InChI is InChI=1S/C40H45N3O9/c1-45-38-35(42-43-41)40(51-34-27-49-39(52-37(34)38)31-20-12-5-13-21-31)50-26-33(47-24-29-16-8-3-9-17-29)36(48-25-30-18-10-4-11-19-30)32(22-44)46-23-28-14-6-2-7-15-28/h2-21,32-40,44H,22-27H2,1H3/t32-,33+,34+,35+,36-,37-,38+,39?,40+/m0/s1. The third-order valence-electron chi connectivity index (χ3n) is 9.07. The van der Waals surface area contributed by atoms with E-state index in [-0.39, 0.29) is 39.6 Å². The van der Waals surface area contributed by atoms with Gasteiger partial charge in [0, 0.05) is 17.6 Å². The SMILES string of the molecule is CO[C@@H]1[C@@H](N=[N+]=[N-])[C@H](OC[C@@H](OCc2ccccc2)[C@@H](OCc2ccccc2)[C@H](CO)OCc2ccccc2)O[C@@H]2COC(c3ccccc3)O[C@H]12. The van der Waals surface area contributed by atoms with E-state index in [1.54, 1.807) is 0 Å². The van der Waals surface area contributed by atoms with E-state index in [1.807, 2.05) is 121 Å². The molecule has 12 heteroatoms. The molecule has 2 fully saturated rings. The second-order valence-electron chi connectivity index (χ2n) is 12.6. The summed E-state index contributed by atoms with van der Waals surface area (Å²) in [6, 6.07) is 37.8. The van der Waals surface area contributed by atoms with Gasteiger partial charge in [-0.15, -0.1) is 0 Å². The highest BCUT2D eigenvalue weighted by atomic mass is 16.8. The first-order valence-electron chi connectivity index (χ1n) is 17.4. The van der Waals surface area contributed by atoms with Crippen molar-refractivity contribution < 1.29 is 43.0 Å². The molecular formula is C40H45N3O9. The maximum atomic E-state index is 10.7. The van der Waals surface area contributed by atoms with Crippen LogP contribution in [0.3, 0.4) is 0 Å². The minimum atomic E-state index is -1.04. The van der Waals surface area contributed by atoms with Crippen molar-refractivity contribution in [3.63, 3.8) is 0 Å². The molecule has 0 bridgehead atoms. The summed E-state index contributed by atoms with van der Waals surface area (Å²) >= 11 is 0. The van der Waals surface area contributed by atoms with Crippen LogP contribution in [0.5, 0.6) is 0 Å². The fourth-order valence-electron chi connectivity index (χ4n) is 6.39. The highest BCUT2D eigenvalue weighted by Gasteiger charge is 2.51. The smallest absolute Gasteiger partial charge is 0.184 e. The first-order valence-corrected chi connectivity index (χ1v) is 17.4. The van der Waals surface area contributed by atoms with Crippen molar-refractivity contribution in [3.05, 3.63) is 154 Å². The Morgan fingerprint density at radius 3 is 1.83 bits per heavy atom. The molecule has 4 aromatic carbocycles. The fraction of sp³-hybridized carbons (Fsp3) is 0.400. The lowest BCUT2D eigenvalue weighted by Gasteiger charge is -2.48. The van der Waals surface area contributed by atoms with Gasteiger partial charge in [0.2, 0.25) is 0 Å². The number of ether oxygens (including phenoxy) is 8. The second-order valence-corrected chi connectivity index (χ2v) is 12.6. The second kappa shape index (κ2) is 19.6. The molecule has 0 radical (unpaired) electrons. The van der Waals surface area contributed by atoms with Crippen LogP contribution in [0, 0.1) is 0 Å². The predicted octanol–water partition coefficient (Wildman–Crippen LogP) is 6.28. The maximum absolute atomic E-state index is 10.7. The molecule has 0 amide bonds. The molecule has 2 saturated heterocycles. The van der Waals surface area contributed by atoms with Crippen molar-refractivity contribution in [2.75, 3.05) is 26.9 Å². The van der Waals surface area contributed by atoms with E-state index in [2.05, 4.69) is 10.0 Å². The number of hydrogen-bond donors (Lipinski definition) is 1. The number of methoxy groups -OCH3 is 1. The van der Waals surface area contributed by atoms with Crippen molar-refractivity contribution in [2.45, 2.75) is 75.1 Å². The Morgan fingerprint density at radius 2 is 1.29 bits per heavy atom. The summed E-state index contributed by atoms with van der Waals surface area (Å²) in [5.74, 6) is 0. The van der Waals surface area contributed by atoms with Gasteiger partial charge in [0.15, 0.2) is 12.6 Å². The average molecular weight is 712 g/mol. The Morgan fingerprint density at radius 1 is 0.750 bits per heavy atom. The van der Waals surface area contributed by atoms with Gasteiger partial charge in [-0.3, -0.25) is 0 Å². The number of hydrogen-bond acceptors (Lipinski definition) is 10. The normalized spacial score (nSPS) is 24.6. The molecule has 2 aliphatic heterocycles. The highest BCUT2D eigenvalue weighted by molar-refractivity contribution is 5.18. The molecule has 52 heavy (non-hydrogen) atoms. The minimum absolute atomic E-state index is 0.0677. The molecule has 1 N–H and O–H groups in total. The van der Waals surface area contributed by atoms with Crippen molar-refractivity contribution in [1.82, 2.24) is 0 Å². The zero-order valence-electron chi connectivity index (χ0n) is 29.0. The van der Waals surface area contributed by atoms with E-state index in [1.165, 1.54) is 7.11 Å². The van der Waals surface area contributed by atoms with Gasteiger partial charge in [-0.1, -0.05) is 126 Å². The Labute approximate surface area is 303 Å². The van der Waals surface area contributed by atoms with Gasteiger partial charge >= 0.3 is 0 Å². The van der Waals surface area contributed by atoms with Gasteiger partial charge in [0.1, 0.15) is 36.6 Å². The quantitative estimate of drug-likeness (QED) is 0.0716. The zero-order valence-corrected chi connectivity index (χ0v) is 29.0. The molecule has 12 nitrogen and oxygen atoms in total. The minimum Gasteiger partial charge on any atom is -0.394 e. The summed E-state index contributed by atoms with van der Waals surface area (Å²) in [5.41, 5.74) is 13.3. The number of nitrogens with zero attached hydrogens (tertiary/aromatic N) is 3. The summed E-state index contributed by atoms with van der Waals surface area (Å²) in [6.07, 6.45) is -5.92. The molecule has 0 saturated carbocycles. The maximum Gasteiger partial charge on any atom is 0.184 e. The van der Waals surface area contributed by atoms with E-state index >= 15 is 0 Å². The van der Waals surface area contributed by atoms with Gasteiger partial charge in [0.25, 0.3) is 0 Å². The van der Waals surface area contributed by atoms with E-state index in [0.29, 0.717) is 0 Å². The number of azide groups is 1. The summed E-state index contributed by atoms with van der Waals surface area (Å²) in [7, 11) is 1.54. The molecule has 274 valence electrons. The molecular weight excluding hydrogens is 666 g/mol. The third kappa shape index (κ3) is 10.0. The Balaban J connectivity index is 1.24. The molecule has 0 aromatic heterocycles. The van der Waals surface area contributed by atoms with Crippen LogP contribution in [-0.2, 0) is 57.7 Å². The predicted molar refractivity (Wildman–Crippen MR) is 190 cm³/mol. The van der Waals surface area contributed by atoms with Crippen LogP contribution in [0.25, 0.3) is 10.4 Å². The first kappa shape index (κ1) is 37.6. The summed E-state index contributed by atoms with van der Waals surface area (Å²) in [4.78, 5) is 3.11. The lowest BCUT2D eigenvalue weighted by Crippen LogP contribution is -2.62. The molecule has 9 atom stereocenters. The molecule has 0 aliphatic carbocycles. The number of aliphatic hydroxyl groups excluding tert-OH is 1. The van der Waals surface area contributed by atoms with E-state index in [4.69, 9.17) is 37.9 Å². The van der Waals surface area contributed by atoms with Crippen LogP contribution in [0.4, 0.5) is 0 Å². The van der Waals surface area contributed by atoms with Crippen LogP contribution in [-0.4, -0.2) is 81.0 Å². The van der Waals surface area contributed by atoms with Crippen molar-refractivity contribution in [3.8, 4) is 0 Å². The van der Waals surface area contributed by atoms with Gasteiger partial charge in [0.05, 0.1) is 45.7 Å². The van der Waals surface area contributed by atoms with Gasteiger partial charge in [-0.05, 0) is 22.2 Å². The summed E-state index contributed by atoms with van der Waals surface area (Å²) < 4.78 is 50.5.